The van der Waals surface area contributed by atoms with Gasteiger partial charge in [-0.3, -0.25) is 4.79 Å². The van der Waals surface area contributed by atoms with Gasteiger partial charge in [-0.1, -0.05) is 24.3 Å². The van der Waals surface area contributed by atoms with E-state index < -0.39 is 5.97 Å². The molecule has 0 saturated heterocycles. The van der Waals surface area contributed by atoms with E-state index in [0.717, 1.165) is 5.75 Å². The molecule has 0 aliphatic carbocycles. The Morgan fingerprint density at radius 2 is 1.55 bits per heavy atom. The molecule has 0 atom stereocenters. The van der Waals surface area contributed by atoms with E-state index in [9.17, 15) is 9.59 Å². The number of ether oxygens (including phenoxy) is 4. The summed E-state index contributed by atoms with van der Waals surface area (Å²) in [6.45, 7) is 0.702. The fourth-order valence-corrected chi connectivity index (χ4v) is 2.55. The second-order valence-electron chi connectivity index (χ2n) is 5.96. The van der Waals surface area contributed by atoms with Crippen LogP contribution in [0.15, 0.2) is 72.8 Å². The number of aldehydes is 1. The molecule has 0 aliphatic heterocycles. The minimum atomic E-state index is -0.562. The average Bonchev–Trinajstić information content (AvgIpc) is 2.78. The molecular formula is C23H20O6. The highest BCUT2D eigenvalue weighted by Gasteiger charge is 2.14. The maximum absolute atomic E-state index is 12.5. The smallest absolute Gasteiger partial charge is 0.343 e. The number of methoxy groups -OCH3 is 1. The van der Waals surface area contributed by atoms with Crippen LogP contribution in [0.2, 0.25) is 0 Å². The van der Waals surface area contributed by atoms with Gasteiger partial charge in [0, 0.05) is 5.56 Å². The van der Waals surface area contributed by atoms with Gasteiger partial charge in [0.15, 0.2) is 11.5 Å². The van der Waals surface area contributed by atoms with Crippen LogP contribution in [0.3, 0.4) is 0 Å². The third-order valence-corrected chi connectivity index (χ3v) is 3.96. The van der Waals surface area contributed by atoms with Crippen LogP contribution in [0.1, 0.15) is 20.7 Å². The van der Waals surface area contributed by atoms with E-state index in [0.29, 0.717) is 42.1 Å². The Morgan fingerprint density at radius 1 is 0.828 bits per heavy atom. The third kappa shape index (κ3) is 5.59. The van der Waals surface area contributed by atoms with Gasteiger partial charge in [0.2, 0.25) is 0 Å². The largest absolute Gasteiger partial charge is 0.493 e. The molecule has 6 heteroatoms. The van der Waals surface area contributed by atoms with Crippen LogP contribution >= 0.6 is 0 Å². The van der Waals surface area contributed by atoms with Crippen molar-refractivity contribution in [3.63, 3.8) is 0 Å². The standard InChI is InChI=1S/C23H20O6/c1-26-22-14-17(16-24)10-11-21(22)29-23(25)18-6-5-9-20(15-18)28-13-12-27-19-7-3-2-4-8-19/h2-11,14-16H,12-13H2,1H3. The summed E-state index contributed by atoms with van der Waals surface area (Å²) >= 11 is 0. The summed E-state index contributed by atoms with van der Waals surface area (Å²) < 4.78 is 21.8. The molecule has 6 nitrogen and oxygen atoms in total. The van der Waals surface area contributed by atoms with Gasteiger partial charge >= 0.3 is 5.97 Å². The van der Waals surface area contributed by atoms with Crippen LogP contribution in [-0.2, 0) is 0 Å². The third-order valence-electron chi connectivity index (χ3n) is 3.96. The van der Waals surface area contributed by atoms with Crippen molar-refractivity contribution in [2.75, 3.05) is 20.3 Å². The fraction of sp³-hybridized carbons (Fsp3) is 0.130. The van der Waals surface area contributed by atoms with Crippen molar-refractivity contribution in [3.8, 4) is 23.0 Å². The molecule has 0 saturated carbocycles. The minimum Gasteiger partial charge on any atom is -0.493 e. The number of carbonyl (C=O) groups is 2. The fourth-order valence-electron chi connectivity index (χ4n) is 2.55. The Balaban J connectivity index is 1.58. The monoisotopic (exact) mass is 392 g/mol. The molecule has 3 aromatic rings. The summed E-state index contributed by atoms with van der Waals surface area (Å²) in [6, 6.07) is 20.7. The zero-order valence-electron chi connectivity index (χ0n) is 15.9. The Kier molecular flexibility index (Phi) is 6.84. The van der Waals surface area contributed by atoms with Crippen molar-refractivity contribution in [3.05, 3.63) is 83.9 Å². The first-order chi connectivity index (χ1) is 14.2. The Morgan fingerprint density at radius 3 is 2.28 bits per heavy atom. The van der Waals surface area contributed by atoms with Gasteiger partial charge in [0.1, 0.15) is 31.0 Å². The second-order valence-corrected chi connectivity index (χ2v) is 5.96. The summed E-state index contributed by atoms with van der Waals surface area (Å²) in [5, 5.41) is 0. The molecule has 0 bridgehead atoms. The molecule has 0 aromatic heterocycles. The molecule has 0 heterocycles. The zero-order valence-corrected chi connectivity index (χ0v) is 15.9. The van der Waals surface area contributed by atoms with E-state index in [2.05, 4.69) is 0 Å². The number of hydrogen-bond acceptors (Lipinski definition) is 6. The lowest BCUT2D eigenvalue weighted by Gasteiger charge is -2.11. The highest BCUT2D eigenvalue weighted by atomic mass is 16.6. The first-order valence-corrected chi connectivity index (χ1v) is 8.95. The lowest BCUT2D eigenvalue weighted by atomic mass is 10.2. The molecule has 0 spiro atoms. The van der Waals surface area contributed by atoms with Crippen LogP contribution < -0.4 is 18.9 Å². The Labute approximate surface area is 168 Å². The number of rotatable bonds is 9. The summed E-state index contributed by atoms with van der Waals surface area (Å²) in [6.07, 6.45) is 0.691. The summed E-state index contributed by atoms with van der Waals surface area (Å²) in [7, 11) is 1.44. The molecule has 3 rings (SSSR count). The van der Waals surface area contributed by atoms with Crippen LogP contribution in [0.4, 0.5) is 0 Å². The van der Waals surface area contributed by atoms with Crippen LogP contribution in [-0.4, -0.2) is 32.6 Å². The molecule has 0 unspecified atom stereocenters. The number of carbonyl (C=O) groups excluding carboxylic acids is 2. The maximum atomic E-state index is 12.5. The van der Waals surface area contributed by atoms with E-state index >= 15 is 0 Å². The van der Waals surface area contributed by atoms with Crippen molar-refractivity contribution in [1.29, 1.82) is 0 Å². The summed E-state index contributed by atoms with van der Waals surface area (Å²) in [5.41, 5.74) is 0.753. The predicted molar refractivity (Wildman–Crippen MR) is 107 cm³/mol. The number of hydrogen-bond donors (Lipinski definition) is 0. The Bertz CT molecular complexity index is 968. The average molecular weight is 392 g/mol. The van der Waals surface area contributed by atoms with Gasteiger partial charge in [0.25, 0.3) is 0 Å². The molecule has 3 aromatic carbocycles. The van der Waals surface area contributed by atoms with Gasteiger partial charge in [0.05, 0.1) is 12.7 Å². The minimum absolute atomic E-state index is 0.227. The quantitative estimate of drug-likeness (QED) is 0.235. The highest BCUT2D eigenvalue weighted by molar-refractivity contribution is 5.92. The second kappa shape index (κ2) is 9.94. The van der Waals surface area contributed by atoms with Crippen molar-refractivity contribution < 1.29 is 28.5 Å². The SMILES string of the molecule is COc1cc(C=O)ccc1OC(=O)c1cccc(OCCOc2ccccc2)c1. The molecule has 148 valence electrons. The van der Waals surface area contributed by atoms with Gasteiger partial charge in [-0.05, 0) is 48.5 Å². The summed E-state index contributed by atoms with van der Waals surface area (Å²) in [4.78, 5) is 23.3. The van der Waals surface area contributed by atoms with E-state index in [1.807, 2.05) is 30.3 Å². The topological polar surface area (TPSA) is 71.1 Å². The zero-order chi connectivity index (χ0) is 20.5. The number of esters is 1. The lowest BCUT2D eigenvalue weighted by Crippen LogP contribution is -2.11. The molecule has 29 heavy (non-hydrogen) atoms. The van der Waals surface area contributed by atoms with Crippen molar-refractivity contribution in [2.24, 2.45) is 0 Å². The molecule has 0 N–H and O–H groups in total. The van der Waals surface area contributed by atoms with E-state index in [1.54, 1.807) is 30.3 Å². The molecule has 0 aliphatic rings. The molecule has 0 fully saturated rings. The van der Waals surface area contributed by atoms with Crippen LogP contribution in [0.5, 0.6) is 23.0 Å². The molecule has 0 amide bonds. The van der Waals surface area contributed by atoms with Gasteiger partial charge in [-0.15, -0.1) is 0 Å². The van der Waals surface area contributed by atoms with Crippen LogP contribution in [0.25, 0.3) is 0 Å². The first kappa shape index (κ1) is 19.9. The maximum Gasteiger partial charge on any atom is 0.343 e. The predicted octanol–water partition coefficient (Wildman–Crippen LogP) is 4.18. The van der Waals surface area contributed by atoms with Crippen molar-refractivity contribution in [1.82, 2.24) is 0 Å². The lowest BCUT2D eigenvalue weighted by molar-refractivity contribution is 0.0729. The number of para-hydroxylation sites is 1. The van der Waals surface area contributed by atoms with Crippen molar-refractivity contribution >= 4 is 12.3 Å². The number of benzene rings is 3. The van der Waals surface area contributed by atoms with Gasteiger partial charge in [-0.25, -0.2) is 4.79 Å². The molecular weight excluding hydrogens is 372 g/mol. The highest BCUT2D eigenvalue weighted by Crippen LogP contribution is 2.28. The van der Waals surface area contributed by atoms with Gasteiger partial charge in [-0.2, -0.15) is 0 Å². The van der Waals surface area contributed by atoms with Crippen LogP contribution in [0, 0.1) is 0 Å². The van der Waals surface area contributed by atoms with Crippen molar-refractivity contribution in [2.45, 2.75) is 0 Å². The first-order valence-electron chi connectivity index (χ1n) is 8.95. The Hall–Kier alpha value is -3.80. The summed E-state index contributed by atoms with van der Waals surface area (Å²) in [5.74, 6) is 1.26. The normalized spacial score (nSPS) is 10.1. The van der Waals surface area contributed by atoms with E-state index in [-0.39, 0.29) is 5.75 Å². The van der Waals surface area contributed by atoms with E-state index in [4.69, 9.17) is 18.9 Å². The van der Waals surface area contributed by atoms with Gasteiger partial charge < -0.3 is 18.9 Å². The molecule has 0 radical (unpaired) electrons. The van der Waals surface area contributed by atoms with E-state index in [1.165, 1.54) is 19.2 Å².